The average Bonchev–Trinajstić information content (AvgIpc) is 3.16. The zero-order valence-corrected chi connectivity index (χ0v) is 15.8. The van der Waals surface area contributed by atoms with E-state index in [1.54, 1.807) is 17.5 Å². The zero-order chi connectivity index (χ0) is 18.3. The third kappa shape index (κ3) is 3.24. The molecule has 0 saturated heterocycles. The number of nitrogens with zero attached hydrogens (tertiary/aromatic N) is 3. The van der Waals surface area contributed by atoms with Gasteiger partial charge in [0, 0.05) is 18.6 Å². The van der Waals surface area contributed by atoms with Crippen molar-refractivity contribution in [1.29, 1.82) is 0 Å². The molecule has 3 aromatic heterocycles. The number of rotatable bonds is 6. The first kappa shape index (κ1) is 17.2. The Morgan fingerprint density at radius 2 is 2.27 bits per heavy atom. The molecular formula is C19H23N5OS. The molecule has 3 heterocycles. The van der Waals surface area contributed by atoms with E-state index in [9.17, 15) is 4.79 Å². The molecular weight excluding hydrogens is 346 g/mol. The van der Waals surface area contributed by atoms with Crippen molar-refractivity contribution in [2.75, 3.05) is 6.54 Å². The molecule has 0 radical (unpaired) electrons. The molecule has 0 bridgehead atoms. The number of carbonyl (C=O) groups is 1. The van der Waals surface area contributed by atoms with Gasteiger partial charge in [-0.2, -0.15) is 5.10 Å². The number of fused-ring (bicyclic) bond motifs is 1. The number of amides is 1. The van der Waals surface area contributed by atoms with E-state index in [1.807, 2.05) is 28.3 Å². The summed E-state index contributed by atoms with van der Waals surface area (Å²) in [4.78, 5) is 18.7. The Morgan fingerprint density at radius 3 is 2.92 bits per heavy atom. The number of nitrogens with two attached hydrogens (primary N) is 1. The fraction of sp³-hybridized carbons (Fsp3) is 0.421. The highest BCUT2D eigenvalue weighted by molar-refractivity contribution is 7.13. The summed E-state index contributed by atoms with van der Waals surface area (Å²) in [6.07, 6.45) is 4.07. The third-order valence-electron chi connectivity index (χ3n) is 4.80. The highest BCUT2D eigenvalue weighted by Gasteiger charge is 2.29. The van der Waals surface area contributed by atoms with E-state index in [-0.39, 0.29) is 18.0 Å². The molecule has 1 fully saturated rings. The van der Waals surface area contributed by atoms with Gasteiger partial charge in [0.15, 0.2) is 5.65 Å². The molecule has 3 aromatic rings. The molecule has 0 spiro atoms. The topological polar surface area (TPSA) is 85.8 Å². The minimum atomic E-state index is -0.116. The van der Waals surface area contributed by atoms with Gasteiger partial charge in [0.1, 0.15) is 0 Å². The van der Waals surface area contributed by atoms with Crippen LogP contribution in [-0.2, 0) is 0 Å². The van der Waals surface area contributed by atoms with Crippen molar-refractivity contribution in [3.8, 4) is 10.6 Å². The summed E-state index contributed by atoms with van der Waals surface area (Å²) in [5.74, 6) is 0.438. The molecule has 3 N–H and O–H groups in total. The van der Waals surface area contributed by atoms with Crippen LogP contribution in [0, 0.1) is 5.92 Å². The number of pyridine rings is 1. The normalized spacial score (nSPS) is 15.5. The van der Waals surface area contributed by atoms with Crippen LogP contribution in [-0.4, -0.2) is 33.3 Å². The van der Waals surface area contributed by atoms with Gasteiger partial charge in [-0.1, -0.05) is 6.07 Å². The number of hydrogen-bond acceptors (Lipinski definition) is 5. The molecule has 136 valence electrons. The van der Waals surface area contributed by atoms with Crippen LogP contribution in [0.3, 0.4) is 0 Å². The standard InChI is InChI=1S/C19H23N5OS/c1-11(2)24-18-14(9-22-24)13(8-16(23-18)17-4-3-7-26-17)19(25)21-10-15(20)12-5-6-12/h3-4,7-9,11-12,15H,5-6,10,20H2,1-2H3,(H,21,25). The Labute approximate surface area is 156 Å². The molecule has 4 rings (SSSR count). The second kappa shape index (κ2) is 6.81. The fourth-order valence-corrected chi connectivity index (χ4v) is 3.82. The molecule has 26 heavy (non-hydrogen) atoms. The molecule has 1 aliphatic rings. The minimum Gasteiger partial charge on any atom is -0.350 e. The van der Waals surface area contributed by atoms with E-state index >= 15 is 0 Å². The van der Waals surface area contributed by atoms with Gasteiger partial charge in [0.05, 0.1) is 27.7 Å². The number of carbonyl (C=O) groups excluding carboxylic acids is 1. The maximum atomic E-state index is 12.9. The lowest BCUT2D eigenvalue weighted by Gasteiger charge is -2.13. The second-order valence-corrected chi connectivity index (χ2v) is 8.11. The van der Waals surface area contributed by atoms with Crippen molar-refractivity contribution in [3.05, 3.63) is 35.3 Å². The molecule has 0 aliphatic heterocycles. The smallest absolute Gasteiger partial charge is 0.252 e. The Balaban J connectivity index is 1.72. The van der Waals surface area contributed by atoms with Crippen LogP contribution in [0.4, 0.5) is 0 Å². The number of aromatic nitrogens is 3. The highest BCUT2D eigenvalue weighted by Crippen LogP contribution is 2.31. The van der Waals surface area contributed by atoms with Crippen molar-refractivity contribution in [2.45, 2.75) is 38.8 Å². The van der Waals surface area contributed by atoms with Crippen LogP contribution in [0.1, 0.15) is 43.1 Å². The zero-order valence-electron chi connectivity index (χ0n) is 15.0. The van der Waals surface area contributed by atoms with Crippen LogP contribution in [0.2, 0.25) is 0 Å². The Bertz CT molecular complexity index is 927. The fourth-order valence-electron chi connectivity index (χ4n) is 3.13. The number of nitrogens with one attached hydrogen (secondary N) is 1. The highest BCUT2D eigenvalue weighted by atomic mass is 32.1. The van der Waals surface area contributed by atoms with E-state index < -0.39 is 0 Å². The van der Waals surface area contributed by atoms with Crippen molar-refractivity contribution >= 4 is 28.3 Å². The van der Waals surface area contributed by atoms with Crippen LogP contribution in [0.25, 0.3) is 21.6 Å². The molecule has 6 nitrogen and oxygen atoms in total. The van der Waals surface area contributed by atoms with E-state index in [4.69, 9.17) is 10.7 Å². The first-order chi connectivity index (χ1) is 12.5. The third-order valence-corrected chi connectivity index (χ3v) is 5.69. The van der Waals surface area contributed by atoms with Gasteiger partial charge >= 0.3 is 0 Å². The summed E-state index contributed by atoms with van der Waals surface area (Å²) < 4.78 is 1.86. The molecule has 1 unspecified atom stereocenters. The maximum Gasteiger partial charge on any atom is 0.252 e. The quantitative estimate of drug-likeness (QED) is 0.699. The second-order valence-electron chi connectivity index (χ2n) is 7.16. The van der Waals surface area contributed by atoms with Gasteiger partial charge in [-0.15, -0.1) is 11.3 Å². The van der Waals surface area contributed by atoms with Crippen molar-refractivity contribution in [2.24, 2.45) is 11.7 Å². The molecule has 1 atom stereocenters. The lowest BCUT2D eigenvalue weighted by atomic mass is 10.1. The monoisotopic (exact) mass is 369 g/mol. The van der Waals surface area contributed by atoms with E-state index in [0.29, 0.717) is 18.0 Å². The van der Waals surface area contributed by atoms with E-state index in [2.05, 4.69) is 24.3 Å². The summed E-state index contributed by atoms with van der Waals surface area (Å²) in [5, 5.41) is 10.2. The number of hydrogen-bond donors (Lipinski definition) is 2. The minimum absolute atomic E-state index is 0.0337. The average molecular weight is 369 g/mol. The Kier molecular flexibility index (Phi) is 4.50. The maximum absolute atomic E-state index is 12.9. The summed E-state index contributed by atoms with van der Waals surface area (Å²) in [7, 11) is 0. The molecule has 1 saturated carbocycles. The van der Waals surface area contributed by atoms with Gasteiger partial charge in [-0.25, -0.2) is 9.67 Å². The molecule has 1 amide bonds. The van der Waals surface area contributed by atoms with Gasteiger partial charge in [-0.3, -0.25) is 4.79 Å². The first-order valence-corrected chi connectivity index (χ1v) is 9.88. The summed E-state index contributed by atoms with van der Waals surface area (Å²) >= 11 is 1.61. The van der Waals surface area contributed by atoms with Crippen LogP contribution < -0.4 is 11.1 Å². The van der Waals surface area contributed by atoms with Crippen molar-refractivity contribution in [1.82, 2.24) is 20.1 Å². The Hall–Kier alpha value is -2.25. The SMILES string of the molecule is CC(C)n1ncc2c(C(=O)NCC(N)C3CC3)cc(-c3cccs3)nc21. The van der Waals surface area contributed by atoms with Gasteiger partial charge < -0.3 is 11.1 Å². The lowest BCUT2D eigenvalue weighted by Crippen LogP contribution is -2.38. The van der Waals surface area contributed by atoms with Crippen LogP contribution >= 0.6 is 11.3 Å². The molecule has 1 aliphatic carbocycles. The van der Waals surface area contributed by atoms with Crippen LogP contribution in [0.15, 0.2) is 29.8 Å². The lowest BCUT2D eigenvalue weighted by molar-refractivity contribution is 0.0952. The summed E-state index contributed by atoms with van der Waals surface area (Å²) in [5.41, 5.74) is 8.27. The first-order valence-electron chi connectivity index (χ1n) is 9.00. The largest absolute Gasteiger partial charge is 0.350 e. The predicted molar refractivity (Wildman–Crippen MR) is 104 cm³/mol. The molecule has 7 heteroatoms. The van der Waals surface area contributed by atoms with Crippen molar-refractivity contribution < 1.29 is 4.79 Å². The predicted octanol–water partition coefficient (Wildman–Crippen LogP) is 3.21. The van der Waals surface area contributed by atoms with E-state index in [0.717, 1.165) is 21.6 Å². The Morgan fingerprint density at radius 1 is 1.46 bits per heavy atom. The van der Waals surface area contributed by atoms with E-state index in [1.165, 1.54) is 12.8 Å². The molecule has 0 aromatic carbocycles. The number of thiophene rings is 1. The summed E-state index contributed by atoms with van der Waals surface area (Å²) in [6, 6.07) is 6.06. The van der Waals surface area contributed by atoms with Gasteiger partial charge in [-0.05, 0) is 50.1 Å². The van der Waals surface area contributed by atoms with Gasteiger partial charge in [0.25, 0.3) is 5.91 Å². The van der Waals surface area contributed by atoms with Crippen LogP contribution in [0.5, 0.6) is 0 Å². The van der Waals surface area contributed by atoms with Crippen molar-refractivity contribution in [3.63, 3.8) is 0 Å². The van der Waals surface area contributed by atoms with Gasteiger partial charge in [0.2, 0.25) is 0 Å². The summed E-state index contributed by atoms with van der Waals surface area (Å²) in [6.45, 7) is 4.61.